The molecule has 1 atom stereocenters. The Kier molecular flexibility index (Phi) is 5.62. The largest absolute Gasteiger partial charge is 0.467 e. The third-order valence-corrected chi connectivity index (χ3v) is 4.95. The number of hydrogen-bond acceptors (Lipinski definition) is 6. The number of tetrazole rings is 1. The van der Waals surface area contributed by atoms with Gasteiger partial charge in [-0.15, -0.1) is 5.10 Å². The van der Waals surface area contributed by atoms with E-state index in [-0.39, 0.29) is 5.91 Å². The first-order valence-electron chi connectivity index (χ1n) is 7.24. The van der Waals surface area contributed by atoms with Gasteiger partial charge in [-0.05, 0) is 41.6 Å². The van der Waals surface area contributed by atoms with E-state index in [2.05, 4.69) is 20.8 Å². The van der Waals surface area contributed by atoms with Crippen LogP contribution >= 0.6 is 35.0 Å². The zero-order chi connectivity index (χ0) is 17.8. The van der Waals surface area contributed by atoms with Crippen LogP contribution in [0, 0.1) is 0 Å². The molecule has 0 fully saturated rings. The summed E-state index contributed by atoms with van der Waals surface area (Å²) in [5.74, 6) is 0.460. The second kappa shape index (κ2) is 7.90. The minimum absolute atomic E-state index is 0.257. The SMILES string of the molecule is CC(Sc1nnnn1Cc1ccco1)C(=O)Nc1c(Cl)cccc1Cl. The lowest BCUT2D eigenvalue weighted by Gasteiger charge is -2.13. The van der Waals surface area contributed by atoms with Crippen molar-refractivity contribution in [2.45, 2.75) is 23.9 Å². The fourth-order valence-electron chi connectivity index (χ4n) is 1.98. The summed E-state index contributed by atoms with van der Waals surface area (Å²) in [6.07, 6.45) is 1.58. The smallest absolute Gasteiger partial charge is 0.237 e. The molecule has 1 N–H and O–H groups in total. The predicted octanol–water partition coefficient (Wildman–Crippen LogP) is 3.74. The molecule has 0 bridgehead atoms. The topological polar surface area (TPSA) is 85.8 Å². The van der Waals surface area contributed by atoms with Crippen LogP contribution in [0.25, 0.3) is 0 Å². The van der Waals surface area contributed by atoms with E-state index in [4.69, 9.17) is 27.6 Å². The van der Waals surface area contributed by atoms with E-state index < -0.39 is 5.25 Å². The van der Waals surface area contributed by atoms with E-state index in [0.717, 1.165) is 0 Å². The Morgan fingerprint density at radius 3 is 2.76 bits per heavy atom. The summed E-state index contributed by atoms with van der Waals surface area (Å²) >= 11 is 13.4. The van der Waals surface area contributed by atoms with Crippen LogP contribution in [0.3, 0.4) is 0 Å². The molecule has 1 amide bonds. The summed E-state index contributed by atoms with van der Waals surface area (Å²) in [7, 11) is 0. The summed E-state index contributed by atoms with van der Waals surface area (Å²) in [5.41, 5.74) is 0.387. The number of thioether (sulfide) groups is 1. The van der Waals surface area contributed by atoms with E-state index in [1.807, 2.05) is 6.07 Å². The lowest BCUT2D eigenvalue weighted by molar-refractivity contribution is -0.115. The maximum Gasteiger partial charge on any atom is 0.237 e. The number of nitrogens with one attached hydrogen (secondary N) is 1. The Balaban J connectivity index is 1.67. The maximum atomic E-state index is 12.4. The Bertz CT molecular complexity index is 848. The van der Waals surface area contributed by atoms with Gasteiger partial charge in [0, 0.05) is 0 Å². The molecule has 0 saturated heterocycles. The molecule has 3 aromatic rings. The van der Waals surface area contributed by atoms with Gasteiger partial charge in [0.15, 0.2) is 0 Å². The van der Waals surface area contributed by atoms with Gasteiger partial charge in [0.2, 0.25) is 11.1 Å². The number of anilines is 1. The van der Waals surface area contributed by atoms with Crippen molar-refractivity contribution in [2.24, 2.45) is 0 Å². The number of hydrogen-bond donors (Lipinski definition) is 1. The number of aromatic nitrogens is 4. The van der Waals surface area contributed by atoms with Crippen molar-refractivity contribution < 1.29 is 9.21 Å². The zero-order valence-corrected chi connectivity index (χ0v) is 15.3. The summed E-state index contributed by atoms with van der Waals surface area (Å²) in [6.45, 7) is 2.13. The molecule has 1 aromatic carbocycles. The Morgan fingerprint density at radius 2 is 2.08 bits per heavy atom. The number of furan rings is 1. The fraction of sp³-hybridized carbons (Fsp3) is 0.200. The number of carbonyl (C=O) groups is 1. The number of halogens is 2. The number of carbonyl (C=O) groups excluding carboxylic acids is 1. The molecule has 10 heteroatoms. The molecule has 2 heterocycles. The van der Waals surface area contributed by atoms with E-state index in [9.17, 15) is 4.79 Å². The van der Waals surface area contributed by atoms with Crippen LogP contribution in [0.5, 0.6) is 0 Å². The van der Waals surface area contributed by atoms with Crippen molar-refractivity contribution in [1.82, 2.24) is 20.2 Å². The molecule has 0 aliphatic heterocycles. The van der Waals surface area contributed by atoms with Gasteiger partial charge in [0.1, 0.15) is 12.3 Å². The second-order valence-electron chi connectivity index (χ2n) is 5.04. The lowest BCUT2D eigenvalue weighted by atomic mass is 10.3. The first-order valence-corrected chi connectivity index (χ1v) is 8.88. The molecule has 0 aliphatic carbocycles. The maximum absolute atomic E-state index is 12.4. The van der Waals surface area contributed by atoms with Gasteiger partial charge in [0.25, 0.3) is 0 Å². The minimum atomic E-state index is -0.464. The van der Waals surface area contributed by atoms with E-state index in [0.29, 0.717) is 33.2 Å². The first-order chi connectivity index (χ1) is 12.0. The van der Waals surface area contributed by atoms with E-state index in [1.165, 1.54) is 11.8 Å². The van der Waals surface area contributed by atoms with Crippen LogP contribution in [0.4, 0.5) is 5.69 Å². The quantitative estimate of drug-likeness (QED) is 0.637. The average molecular weight is 398 g/mol. The van der Waals surface area contributed by atoms with Crippen LogP contribution in [0.2, 0.25) is 10.0 Å². The second-order valence-corrected chi connectivity index (χ2v) is 7.17. The minimum Gasteiger partial charge on any atom is -0.467 e. The van der Waals surface area contributed by atoms with Crippen molar-refractivity contribution in [1.29, 1.82) is 0 Å². The van der Waals surface area contributed by atoms with E-state index >= 15 is 0 Å². The summed E-state index contributed by atoms with van der Waals surface area (Å²) < 4.78 is 6.85. The number of amides is 1. The third kappa shape index (κ3) is 4.33. The highest BCUT2D eigenvalue weighted by Crippen LogP contribution is 2.31. The van der Waals surface area contributed by atoms with Crippen molar-refractivity contribution in [3.63, 3.8) is 0 Å². The van der Waals surface area contributed by atoms with Crippen molar-refractivity contribution in [3.05, 3.63) is 52.4 Å². The highest BCUT2D eigenvalue weighted by molar-refractivity contribution is 8.00. The molecule has 130 valence electrons. The Labute approximate surface area is 157 Å². The normalized spacial score (nSPS) is 12.1. The van der Waals surface area contributed by atoms with Gasteiger partial charge < -0.3 is 9.73 Å². The molecular weight excluding hydrogens is 385 g/mol. The van der Waals surface area contributed by atoms with Crippen LogP contribution in [-0.2, 0) is 11.3 Å². The standard InChI is InChI=1S/C15H13Cl2N5O2S/c1-9(14(23)18-13-11(16)5-2-6-12(13)17)25-15-19-20-21-22(15)8-10-4-3-7-24-10/h2-7,9H,8H2,1H3,(H,18,23). The number of para-hydroxylation sites is 1. The molecular formula is C15H13Cl2N5O2S. The summed E-state index contributed by atoms with van der Waals surface area (Å²) in [5, 5.41) is 15.0. The molecule has 0 radical (unpaired) electrons. The molecule has 1 unspecified atom stereocenters. The van der Waals surface area contributed by atoms with Gasteiger partial charge in [-0.2, -0.15) is 0 Å². The Hall–Kier alpha value is -2.03. The predicted molar refractivity (Wildman–Crippen MR) is 96.0 cm³/mol. The average Bonchev–Trinajstić information content (AvgIpc) is 3.24. The lowest BCUT2D eigenvalue weighted by Crippen LogP contribution is -2.23. The van der Waals surface area contributed by atoms with Crippen LogP contribution in [-0.4, -0.2) is 31.4 Å². The van der Waals surface area contributed by atoms with Gasteiger partial charge in [-0.25, -0.2) is 4.68 Å². The summed E-state index contributed by atoms with van der Waals surface area (Å²) in [4.78, 5) is 12.4. The van der Waals surface area contributed by atoms with Crippen molar-refractivity contribution in [3.8, 4) is 0 Å². The van der Waals surface area contributed by atoms with Gasteiger partial charge in [-0.3, -0.25) is 4.79 Å². The van der Waals surface area contributed by atoms with Crippen molar-refractivity contribution >= 4 is 46.6 Å². The van der Waals surface area contributed by atoms with Gasteiger partial charge >= 0.3 is 0 Å². The molecule has 0 saturated carbocycles. The molecule has 0 aliphatic rings. The molecule has 0 spiro atoms. The number of nitrogens with zero attached hydrogens (tertiary/aromatic N) is 4. The monoisotopic (exact) mass is 397 g/mol. The number of benzene rings is 1. The zero-order valence-electron chi connectivity index (χ0n) is 13.0. The van der Waals surface area contributed by atoms with E-state index in [1.54, 1.807) is 42.1 Å². The van der Waals surface area contributed by atoms with Gasteiger partial charge in [-0.1, -0.05) is 41.0 Å². The first kappa shape index (κ1) is 17.8. The number of rotatable bonds is 6. The molecule has 3 rings (SSSR count). The summed E-state index contributed by atoms with van der Waals surface area (Å²) in [6, 6.07) is 8.64. The van der Waals surface area contributed by atoms with Crippen LogP contribution in [0.1, 0.15) is 12.7 Å². The molecule has 2 aromatic heterocycles. The third-order valence-electron chi connectivity index (χ3n) is 3.25. The molecule has 7 nitrogen and oxygen atoms in total. The van der Waals surface area contributed by atoms with Crippen LogP contribution in [0.15, 0.2) is 46.2 Å². The highest BCUT2D eigenvalue weighted by atomic mass is 35.5. The van der Waals surface area contributed by atoms with Gasteiger partial charge in [0.05, 0.1) is 27.2 Å². The highest BCUT2D eigenvalue weighted by Gasteiger charge is 2.20. The molecule has 25 heavy (non-hydrogen) atoms. The Morgan fingerprint density at radius 1 is 1.32 bits per heavy atom. The van der Waals surface area contributed by atoms with Crippen molar-refractivity contribution in [2.75, 3.05) is 5.32 Å². The fourth-order valence-corrected chi connectivity index (χ4v) is 3.26. The van der Waals surface area contributed by atoms with Crippen LogP contribution < -0.4 is 5.32 Å².